The topological polar surface area (TPSA) is 67.1 Å². The monoisotopic (exact) mass is 584 g/mol. The first-order chi connectivity index (χ1) is 21.1. The van der Waals surface area contributed by atoms with E-state index in [1.165, 1.54) is 27.3 Å². The van der Waals surface area contributed by atoms with E-state index in [0.717, 1.165) is 77.6 Å². The van der Waals surface area contributed by atoms with Crippen molar-refractivity contribution in [3.05, 3.63) is 131 Å². The molecule has 0 bridgehead atoms. The first-order valence-corrected chi connectivity index (χ1v) is 15.7. The van der Waals surface area contributed by atoms with Gasteiger partial charge in [-0.15, -0.1) is 11.8 Å². The maximum Gasteiger partial charge on any atom is 0.125 e. The third-order valence-electron chi connectivity index (χ3n) is 7.55. The van der Waals surface area contributed by atoms with E-state index in [2.05, 4.69) is 82.3 Å². The normalized spacial score (nSPS) is 13.9. The van der Waals surface area contributed by atoms with E-state index in [1.54, 1.807) is 6.20 Å². The molecule has 2 aliphatic heterocycles. The SMILES string of the molecule is C=C(CC1=CCCS1)Nc1cccc(-c2nn3ccccc3c2-c2ccnc(C)n2)c1.C=Cc1ccc2c(c1)CNCC2. The van der Waals surface area contributed by atoms with Crippen molar-refractivity contribution in [1.82, 2.24) is 24.9 Å². The molecule has 2 aliphatic rings. The summed E-state index contributed by atoms with van der Waals surface area (Å²) in [5.74, 6) is 1.92. The van der Waals surface area contributed by atoms with Crippen LogP contribution in [0.1, 0.15) is 35.4 Å². The highest BCUT2D eigenvalue weighted by molar-refractivity contribution is 8.03. The van der Waals surface area contributed by atoms with Crippen molar-refractivity contribution in [3.63, 3.8) is 0 Å². The van der Waals surface area contributed by atoms with Crippen LogP contribution in [0.4, 0.5) is 5.69 Å². The predicted octanol–water partition coefficient (Wildman–Crippen LogP) is 8.08. The molecule has 0 spiro atoms. The van der Waals surface area contributed by atoms with Gasteiger partial charge < -0.3 is 10.6 Å². The minimum Gasteiger partial charge on any atom is -0.359 e. The summed E-state index contributed by atoms with van der Waals surface area (Å²) in [7, 11) is 0. The van der Waals surface area contributed by atoms with E-state index in [-0.39, 0.29) is 0 Å². The number of pyridine rings is 1. The second-order valence-electron chi connectivity index (χ2n) is 10.7. The second kappa shape index (κ2) is 13.2. The number of nitrogens with zero attached hydrogens (tertiary/aromatic N) is 4. The molecule has 3 aromatic heterocycles. The van der Waals surface area contributed by atoms with Gasteiger partial charge in [-0.05, 0) is 78.2 Å². The molecule has 0 amide bonds. The molecular formula is C36H36N6S. The molecule has 2 N–H and O–H groups in total. The number of nitrogens with one attached hydrogen (secondary N) is 2. The number of hydrogen-bond acceptors (Lipinski definition) is 6. The zero-order valence-corrected chi connectivity index (χ0v) is 25.3. The van der Waals surface area contributed by atoms with E-state index in [4.69, 9.17) is 5.10 Å². The molecule has 0 saturated carbocycles. The van der Waals surface area contributed by atoms with Crippen molar-refractivity contribution in [2.24, 2.45) is 0 Å². The fourth-order valence-electron chi connectivity index (χ4n) is 5.47. The van der Waals surface area contributed by atoms with Crippen molar-refractivity contribution >= 4 is 29.0 Å². The summed E-state index contributed by atoms with van der Waals surface area (Å²) in [6.07, 6.45) is 11.2. The number of hydrogen-bond donors (Lipinski definition) is 2. The second-order valence-corrected chi connectivity index (χ2v) is 11.9. The fraction of sp³-hybridized carbons (Fsp3) is 0.194. The zero-order chi connectivity index (χ0) is 29.6. The lowest BCUT2D eigenvalue weighted by molar-refractivity contribution is 0.643. The lowest BCUT2D eigenvalue weighted by atomic mass is 9.99. The number of aryl methyl sites for hydroxylation is 1. The molecule has 5 aromatic rings. The Balaban J connectivity index is 0.000000229. The zero-order valence-electron chi connectivity index (χ0n) is 24.5. The molecule has 0 atom stereocenters. The molecule has 5 heterocycles. The lowest BCUT2D eigenvalue weighted by Gasteiger charge is -2.16. The highest BCUT2D eigenvalue weighted by atomic mass is 32.2. The van der Waals surface area contributed by atoms with Crippen LogP contribution in [0, 0.1) is 6.92 Å². The number of aromatic nitrogens is 4. The van der Waals surface area contributed by atoms with Crippen LogP contribution >= 0.6 is 11.8 Å². The predicted molar refractivity (Wildman–Crippen MR) is 181 cm³/mol. The van der Waals surface area contributed by atoms with Gasteiger partial charge in [0.15, 0.2) is 0 Å². The fourth-order valence-corrected chi connectivity index (χ4v) is 6.48. The number of rotatable bonds is 7. The van der Waals surface area contributed by atoms with Crippen molar-refractivity contribution in [1.29, 1.82) is 0 Å². The number of allylic oxidation sites excluding steroid dienone is 2. The molecule has 43 heavy (non-hydrogen) atoms. The van der Waals surface area contributed by atoms with Gasteiger partial charge in [0.2, 0.25) is 0 Å². The highest BCUT2D eigenvalue weighted by Crippen LogP contribution is 2.35. The molecule has 0 aliphatic carbocycles. The minimum absolute atomic E-state index is 0.740. The Morgan fingerprint density at radius 3 is 2.86 bits per heavy atom. The Kier molecular flexibility index (Phi) is 8.82. The van der Waals surface area contributed by atoms with Gasteiger partial charge in [-0.2, -0.15) is 5.10 Å². The molecule has 0 unspecified atom stereocenters. The van der Waals surface area contributed by atoms with E-state index < -0.39 is 0 Å². The van der Waals surface area contributed by atoms with Gasteiger partial charge in [0, 0.05) is 48.1 Å². The first kappa shape index (κ1) is 28.6. The number of fused-ring (bicyclic) bond motifs is 2. The molecule has 6 nitrogen and oxygen atoms in total. The van der Waals surface area contributed by atoms with Crippen molar-refractivity contribution < 1.29 is 0 Å². The minimum atomic E-state index is 0.740. The van der Waals surface area contributed by atoms with Gasteiger partial charge in [-0.25, -0.2) is 14.5 Å². The van der Waals surface area contributed by atoms with Gasteiger partial charge >= 0.3 is 0 Å². The van der Waals surface area contributed by atoms with Crippen LogP contribution in [-0.4, -0.2) is 31.9 Å². The maximum atomic E-state index is 4.89. The summed E-state index contributed by atoms with van der Waals surface area (Å²) < 4.78 is 1.91. The van der Waals surface area contributed by atoms with Gasteiger partial charge in [0.05, 0.1) is 16.8 Å². The Morgan fingerprint density at radius 1 is 1.09 bits per heavy atom. The average Bonchev–Trinajstić information content (AvgIpc) is 3.69. The number of thioether (sulfide) groups is 1. The van der Waals surface area contributed by atoms with Crippen LogP contribution in [0.25, 0.3) is 34.1 Å². The van der Waals surface area contributed by atoms with E-state index in [1.807, 2.05) is 59.7 Å². The van der Waals surface area contributed by atoms with Gasteiger partial charge in [-0.3, -0.25) is 0 Å². The number of benzene rings is 2. The molecule has 2 aromatic carbocycles. The van der Waals surface area contributed by atoms with Crippen LogP contribution in [0.3, 0.4) is 0 Å². The molecule has 7 rings (SSSR count). The summed E-state index contributed by atoms with van der Waals surface area (Å²) in [6, 6.07) is 22.9. The lowest BCUT2D eigenvalue weighted by Crippen LogP contribution is -2.23. The molecule has 0 saturated heterocycles. The van der Waals surface area contributed by atoms with E-state index in [0.29, 0.717) is 0 Å². The van der Waals surface area contributed by atoms with Crippen LogP contribution in [0.15, 0.2) is 109 Å². The van der Waals surface area contributed by atoms with Gasteiger partial charge in [0.1, 0.15) is 11.5 Å². The smallest absolute Gasteiger partial charge is 0.125 e. The van der Waals surface area contributed by atoms with Crippen molar-refractivity contribution in [2.75, 3.05) is 17.6 Å². The van der Waals surface area contributed by atoms with E-state index >= 15 is 0 Å². The van der Waals surface area contributed by atoms with Gasteiger partial charge in [-0.1, -0.05) is 61.7 Å². The van der Waals surface area contributed by atoms with Gasteiger partial charge in [0.25, 0.3) is 0 Å². The van der Waals surface area contributed by atoms with E-state index in [9.17, 15) is 0 Å². The van der Waals surface area contributed by atoms with Crippen LogP contribution in [-0.2, 0) is 13.0 Å². The molecular weight excluding hydrogens is 549 g/mol. The largest absolute Gasteiger partial charge is 0.359 e. The quantitative estimate of drug-likeness (QED) is 0.202. The average molecular weight is 585 g/mol. The summed E-state index contributed by atoms with van der Waals surface area (Å²) in [6.45, 7) is 12.0. The van der Waals surface area contributed by atoms with Crippen molar-refractivity contribution in [3.8, 4) is 22.5 Å². The highest BCUT2D eigenvalue weighted by Gasteiger charge is 2.18. The maximum absolute atomic E-state index is 4.89. The summed E-state index contributed by atoms with van der Waals surface area (Å²) in [5.41, 5.74) is 11.0. The summed E-state index contributed by atoms with van der Waals surface area (Å²) in [4.78, 5) is 10.3. The Morgan fingerprint density at radius 2 is 2.02 bits per heavy atom. The Hall–Kier alpha value is -4.46. The molecule has 0 radical (unpaired) electrons. The Labute approximate surface area is 257 Å². The summed E-state index contributed by atoms with van der Waals surface area (Å²) >= 11 is 1.92. The van der Waals surface area contributed by atoms with Crippen LogP contribution in [0.2, 0.25) is 0 Å². The molecule has 7 heteroatoms. The third-order valence-corrected chi connectivity index (χ3v) is 8.67. The first-order valence-electron chi connectivity index (χ1n) is 14.7. The van der Waals surface area contributed by atoms with Crippen LogP contribution in [0.5, 0.6) is 0 Å². The summed E-state index contributed by atoms with van der Waals surface area (Å²) in [5, 5.41) is 11.7. The van der Waals surface area contributed by atoms with Crippen molar-refractivity contribution in [2.45, 2.75) is 32.7 Å². The Bertz CT molecular complexity index is 1820. The molecule has 0 fully saturated rings. The molecule has 216 valence electrons. The third kappa shape index (κ3) is 6.79. The van der Waals surface area contributed by atoms with Crippen LogP contribution < -0.4 is 10.6 Å². The standard InChI is InChI=1S/C25H23N5S.C11H13N/c1-17(15-21-9-6-14-31-21)27-20-8-5-7-19(16-20)25-24(22-11-12-26-18(2)28-22)23-10-3-4-13-30(23)29-25;1-2-9-3-4-10-5-6-12-8-11(10)7-9/h3-5,7-13,16,27H,1,6,14-15H2,2H3;2-4,7,12H,1,5-6,8H2. The number of anilines is 1.